The number of carbonyl (C=O) groups excluding carboxylic acids is 1. The van der Waals surface area contributed by atoms with Crippen LogP contribution in [0.1, 0.15) is 33.6 Å². The third kappa shape index (κ3) is 2.98. The first kappa shape index (κ1) is 11.5. The molecule has 0 spiro atoms. The molecule has 0 aliphatic carbocycles. The minimum absolute atomic E-state index is 0.304. The van der Waals surface area contributed by atoms with Crippen LogP contribution in [0, 0.1) is 0 Å². The van der Waals surface area contributed by atoms with Crippen LogP contribution in [-0.2, 0) is 4.79 Å². The maximum absolute atomic E-state index is 11.7. The highest BCUT2D eigenvalue weighted by Gasteiger charge is 2.24. The Morgan fingerprint density at radius 3 is 2.57 bits per heavy atom. The van der Waals surface area contributed by atoms with Crippen molar-refractivity contribution in [2.45, 2.75) is 39.7 Å². The molecule has 0 aromatic carbocycles. The van der Waals surface area contributed by atoms with Crippen molar-refractivity contribution < 1.29 is 4.79 Å². The normalized spacial score (nSPS) is 19.4. The molecule has 1 heterocycles. The van der Waals surface area contributed by atoms with Gasteiger partial charge in [-0.2, -0.15) is 0 Å². The van der Waals surface area contributed by atoms with E-state index in [1.807, 2.05) is 4.90 Å². The van der Waals surface area contributed by atoms with Gasteiger partial charge in [0.1, 0.15) is 0 Å². The summed E-state index contributed by atoms with van der Waals surface area (Å²) in [6.07, 6.45) is 2.30. The average molecular weight is 198 g/mol. The Hall–Kier alpha value is -0.570. The fourth-order valence-electron chi connectivity index (χ4n) is 1.75. The predicted molar refractivity (Wildman–Crippen MR) is 58.2 cm³/mol. The molecule has 1 aliphatic heterocycles. The lowest BCUT2D eigenvalue weighted by Gasteiger charge is -2.36. The highest BCUT2D eigenvalue weighted by molar-refractivity contribution is 5.79. The Morgan fingerprint density at radius 2 is 2.07 bits per heavy atom. The fourth-order valence-corrected chi connectivity index (χ4v) is 1.75. The second kappa shape index (κ2) is 5.35. The molecule has 0 aromatic heterocycles. The third-order valence-electron chi connectivity index (χ3n) is 2.86. The van der Waals surface area contributed by atoms with Gasteiger partial charge in [-0.3, -0.25) is 9.69 Å². The van der Waals surface area contributed by atoms with E-state index in [4.69, 9.17) is 0 Å². The third-order valence-corrected chi connectivity index (χ3v) is 2.86. The molecule has 1 amide bonds. The van der Waals surface area contributed by atoms with E-state index in [9.17, 15) is 4.79 Å². The maximum Gasteiger partial charge on any atom is 0.236 e. The van der Waals surface area contributed by atoms with E-state index in [2.05, 4.69) is 25.7 Å². The van der Waals surface area contributed by atoms with Crippen LogP contribution < -0.4 is 0 Å². The summed E-state index contributed by atoms with van der Waals surface area (Å²) in [4.78, 5) is 15.9. The molecule has 82 valence electrons. The van der Waals surface area contributed by atoms with Crippen molar-refractivity contribution in [1.82, 2.24) is 9.80 Å². The molecule has 0 atom stereocenters. The number of amides is 1. The summed E-state index contributed by atoms with van der Waals surface area (Å²) in [5.74, 6) is 0.304. The Balaban J connectivity index is 2.36. The second-order valence-electron chi connectivity index (χ2n) is 4.30. The molecule has 1 aliphatic rings. The Morgan fingerprint density at radius 1 is 1.36 bits per heavy atom. The summed E-state index contributed by atoms with van der Waals surface area (Å²) in [6, 6.07) is 0.493. The predicted octanol–water partition coefficient (Wildman–Crippen LogP) is 1.34. The van der Waals surface area contributed by atoms with Gasteiger partial charge >= 0.3 is 0 Å². The molecule has 3 heteroatoms. The van der Waals surface area contributed by atoms with Gasteiger partial charge in [-0.25, -0.2) is 0 Å². The molecule has 0 saturated carbocycles. The van der Waals surface area contributed by atoms with Gasteiger partial charge in [-0.15, -0.1) is 0 Å². The largest absolute Gasteiger partial charge is 0.340 e. The number of nitrogens with zero attached hydrogens (tertiary/aromatic N) is 2. The summed E-state index contributed by atoms with van der Waals surface area (Å²) in [5, 5.41) is 0. The van der Waals surface area contributed by atoms with Crippen molar-refractivity contribution >= 4 is 5.91 Å². The molecule has 0 unspecified atom stereocenters. The van der Waals surface area contributed by atoms with Crippen molar-refractivity contribution in [3.8, 4) is 0 Å². The Bertz CT molecular complexity index is 192. The molecule has 1 rings (SSSR count). The van der Waals surface area contributed by atoms with Crippen molar-refractivity contribution in [3.05, 3.63) is 0 Å². The van der Waals surface area contributed by atoms with Crippen LogP contribution in [0.4, 0.5) is 0 Å². The lowest BCUT2D eigenvalue weighted by atomic mass is 10.2. The first-order valence-corrected chi connectivity index (χ1v) is 5.67. The summed E-state index contributed by atoms with van der Waals surface area (Å²) < 4.78 is 0. The molecule has 0 aromatic rings. The highest BCUT2D eigenvalue weighted by Crippen LogP contribution is 2.07. The zero-order valence-corrected chi connectivity index (χ0v) is 9.62. The average Bonchev–Trinajstić information content (AvgIpc) is 2.15. The first-order valence-electron chi connectivity index (χ1n) is 5.67. The number of hydrogen-bond donors (Lipinski definition) is 0. The SMILES string of the molecule is CCCCN1CCN(C(C)C)CC1=O. The fraction of sp³-hybridized carbons (Fsp3) is 0.909. The molecular formula is C11H22N2O. The van der Waals surface area contributed by atoms with E-state index < -0.39 is 0 Å². The van der Waals surface area contributed by atoms with Crippen molar-refractivity contribution in [2.24, 2.45) is 0 Å². The standard InChI is InChI=1S/C11H22N2O/c1-4-5-6-12-7-8-13(10(2)3)9-11(12)14/h10H,4-9H2,1-3H3. The van der Waals surface area contributed by atoms with Crippen LogP contribution in [-0.4, -0.2) is 47.9 Å². The molecule has 14 heavy (non-hydrogen) atoms. The number of hydrogen-bond acceptors (Lipinski definition) is 2. The van der Waals surface area contributed by atoms with Crippen LogP contribution in [0.15, 0.2) is 0 Å². The topological polar surface area (TPSA) is 23.6 Å². The smallest absolute Gasteiger partial charge is 0.236 e. The monoisotopic (exact) mass is 198 g/mol. The molecule has 3 nitrogen and oxygen atoms in total. The van der Waals surface area contributed by atoms with Gasteiger partial charge < -0.3 is 4.90 Å². The van der Waals surface area contributed by atoms with E-state index >= 15 is 0 Å². The molecule has 1 saturated heterocycles. The lowest BCUT2D eigenvalue weighted by Crippen LogP contribution is -2.52. The Kier molecular flexibility index (Phi) is 4.39. The van der Waals surface area contributed by atoms with Gasteiger partial charge in [0, 0.05) is 25.7 Å². The van der Waals surface area contributed by atoms with Crippen molar-refractivity contribution in [2.75, 3.05) is 26.2 Å². The number of unbranched alkanes of at least 4 members (excludes halogenated alkanes) is 1. The lowest BCUT2D eigenvalue weighted by molar-refractivity contribution is -0.136. The van der Waals surface area contributed by atoms with E-state index in [1.54, 1.807) is 0 Å². The molecule has 0 radical (unpaired) electrons. The van der Waals surface area contributed by atoms with Crippen molar-refractivity contribution in [1.29, 1.82) is 0 Å². The van der Waals surface area contributed by atoms with Gasteiger partial charge in [0.25, 0.3) is 0 Å². The van der Waals surface area contributed by atoms with Gasteiger partial charge in [0.2, 0.25) is 5.91 Å². The molecule has 1 fully saturated rings. The minimum atomic E-state index is 0.304. The Labute approximate surface area is 87.1 Å². The van der Waals surface area contributed by atoms with Gasteiger partial charge in [-0.05, 0) is 20.3 Å². The van der Waals surface area contributed by atoms with Crippen LogP contribution in [0.25, 0.3) is 0 Å². The quantitative estimate of drug-likeness (QED) is 0.680. The molecular weight excluding hydrogens is 176 g/mol. The number of rotatable bonds is 4. The maximum atomic E-state index is 11.7. The summed E-state index contributed by atoms with van der Waals surface area (Å²) in [7, 11) is 0. The zero-order valence-electron chi connectivity index (χ0n) is 9.62. The van der Waals surface area contributed by atoms with Gasteiger partial charge in [0.15, 0.2) is 0 Å². The zero-order chi connectivity index (χ0) is 10.6. The number of carbonyl (C=O) groups is 1. The van der Waals surface area contributed by atoms with Gasteiger partial charge in [0.05, 0.1) is 6.54 Å². The van der Waals surface area contributed by atoms with Crippen LogP contribution >= 0.6 is 0 Å². The van der Waals surface area contributed by atoms with Crippen LogP contribution in [0.3, 0.4) is 0 Å². The minimum Gasteiger partial charge on any atom is -0.340 e. The van der Waals surface area contributed by atoms with E-state index in [0.717, 1.165) is 32.5 Å². The second-order valence-corrected chi connectivity index (χ2v) is 4.30. The summed E-state index contributed by atoms with van der Waals surface area (Å²) in [5.41, 5.74) is 0. The number of piperazine rings is 1. The summed E-state index contributed by atoms with van der Waals surface area (Å²) in [6.45, 7) is 9.96. The summed E-state index contributed by atoms with van der Waals surface area (Å²) >= 11 is 0. The first-order chi connectivity index (χ1) is 6.65. The van der Waals surface area contributed by atoms with E-state index in [1.165, 1.54) is 0 Å². The van der Waals surface area contributed by atoms with Crippen LogP contribution in [0.5, 0.6) is 0 Å². The molecule has 0 bridgehead atoms. The van der Waals surface area contributed by atoms with E-state index in [0.29, 0.717) is 18.5 Å². The van der Waals surface area contributed by atoms with Crippen molar-refractivity contribution in [3.63, 3.8) is 0 Å². The van der Waals surface area contributed by atoms with Gasteiger partial charge in [-0.1, -0.05) is 13.3 Å². The highest BCUT2D eigenvalue weighted by atomic mass is 16.2. The van der Waals surface area contributed by atoms with Crippen LogP contribution in [0.2, 0.25) is 0 Å². The van der Waals surface area contributed by atoms with E-state index in [-0.39, 0.29) is 0 Å². The molecule has 0 N–H and O–H groups in total.